The lowest BCUT2D eigenvalue weighted by atomic mass is 10.1. The van der Waals surface area contributed by atoms with Crippen molar-refractivity contribution in [2.75, 3.05) is 18.5 Å². The van der Waals surface area contributed by atoms with Crippen molar-refractivity contribution in [1.82, 2.24) is 19.2 Å². The van der Waals surface area contributed by atoms with Crippen LogP contribution in [0.3, 0.4) is 0 Å². The van der Waals surface area contributed by atoms with E-state index in [0.29, 0.717) is 24.6 Å². The fourth-order valence-corrected chi connectivity index (χ4v) is 3.03. The Morgan fingerprint density at radius 1 is 1.22 bits per heavy atom. The van der Waals surface area contributed by atoms with Gasteiger partial charge in [0, 0.05) is 32.7 Å². The lowest BCUT2D eigenvalue weighted by Crippen LogP contribution is -2.46. The van der Waals surface area contributed by atoms with Crippen LogP contribution in [-0.4, -0.2) is 32.4 Å². The molecule has 2 aromatic rings. The van der Waals surface area contributed by atoms with E-state index in [9.17, 15) is 9.59 Å². The molecule has 3 heterocycles. The second kappa shape index (κ2) is 5.69. The Hall–Kier alpha value is -2.35. The van der Waals surface area contributed by atoms with Crippen LogP contribution in [0.2, 0.25) is 0 Å². The molecule has 2 aromatic heterocycles. The molecule has 23 heavy (non-hydrogen) atoms. The van der Waals surface area contributed by atoms with Gasteiger partial charge in [-0.3, -0.25) is 18.8 Å². The first-order valence-corrected chi connectivity index (χ1v) is 7.57. The average Bonchev–Trinajstić information content (AvgIpc) is 2.87. The van der Waals surface area contributed by atoms with Crippen molar-refractivity contribution < 1.29 is 4.52 Å². The van der Waals surface area contributed by atoms with Crippen molar-refractivity contribution >= 4 is 5.82 Å². The molecule has 0 saturated heterocycles. The van der Waals surface area contributed by atoms with Gasteiger partial charge in [-0.2, -0.15) is 0 Å². The van der Waals surface area contributed by atoms with E-state index >= 15 is 0 Å². The molecule has 0 unspecified atom stereocenters. The summed E-state index contributed by atoms with van der Waals surface area (Å²) in [6.07, 6.45) is 0.810. The highest BCUT2D eigenvalue weighted by Crippen LogP contribution is 2.18. The number of aromatic nitrogens is 3. The number of fused-ring (bicyclic) bond motifs is 1. The number of nitrogens with zero attached hydrogens (tertiary/aromatic N) is 4. The first kappa shape index (κ1) is 15.5. The van der Waals surface area contributed by atoms with E-state index in [1.807, 2.05) is 13.8 Å². The van der Waals surface area contributed by atoms with E-state index in [4.69, 9.17) is 4.52 Å². The van der Waals surface area contributed by atoms with Crippen molar-refractivity contribution in [3.63, 3.8) is 0 Å². The van der Waals surface area contributed by atoms with Gasteiger partial charge in [-0.25, -0.2) is 4.79 Å². The number of rotatable bonds is 3. The monoisotopic (exact) mass is 319 g/mol. The van der Waals surface area contributed by atoms with Gasteiger partial charge in [0.1, 0.15) is 11.6 Å². The molecule has 0 aromatic carbocycles. The minimum absolute atomic E-state index is 0.238. The molecule has 0 amide bonds. The summed E-state index contributed by atoms with van der Waals surface area (Å²) < 4.78 is 7.82. The zero-order chi connectivity index (χ0) is 16.7. The Bertz CT molecular complexity index is 842. The maximum atomic E-state index is 12.3. The fraction of sp³-hybridized carbons (Fsp3) is 0.533. The van der Waals surface area contributed by atoms with Crippen LogP contribution in [-0.2, 0) is 27.1 Å². The molecule has 1 N–H and O–H groups in total. The number of aryl methyl sites for hydroxylation is 2. The third-order valence-corrected chi connectivity index (χ3v) is 4.47. The van der Waals surface area contributed by atoms with Gasteiger partial charge < -0.3 is 9.84 Å². The van der Waals surface area contributed by atoms with E-state index in [1.165, 1.54) is 11.6 Å². The topological polar surface area (TPSA) is 85.3 Å². The van der Waals surface area contributed by atoms with E-state index in [0.717, 1.165) is 34.6 Å². The molecule has 1 aliphatic heterocycles. The third-order valence-electron chi connectivity index (χ3n) is 4.47. The van der Waals surface area contributed by atoms with E-state index in [1.54, 1.807) is 7.05 Å². The van der Waals surface area contributed by atoms with Crippen LogP contribution in [0.4, 0.5) is 5.82 Å². The van der Waals surface area contributed by atoms with Crippen molar-refractivity contribution in [2.45, 2.75) is 26.8 Å². The van der Waals surface area contributed by atoms with Crippen LogP contribution in [0.25, 0.3) is 0 Å². The third kappa shape index (κ3) is 2.59. The van der Waals surface area contributed by atoms with Gasteiger partial charge in [0.25, 0.3) is 5.56 Å². The predicted octanol–water partition coefficient (Wildman–Crippen LogP) is 0.117. The van der Waals surface area contributed by atoms with E-state index < -0.39 is 0 Å². The molecule has 3 rings (SSSR count). The minimum Gasteiger partial charge on any atom is -0.361 e. The summed E-state index contributed by atoms with van der Waals surface area (Å²) in [6.45, 7) is 5.73. The number of hydrogen-bond donors (Lipinski definition) is 1. The molecule has 0 bridgehead atoms. The van der Waals surface area contributed by atoms with Crippen LogP contribution >= 0.6 is 0 Å². The average molecular weight is 319 g/mol. The van der Waals surface area contributed by atoms with E-state index in [2.05, 4.69) is 15.4 Å². The van der Waals surface area contributed by atoms with Crippen molar-refractivity contribution in [3.8, 4) is 0 Å². The van der Waals surface area contributed by atoms with Gasteiger partial charge in [0.15, 0.2) is 0 Å². The summed E-state index contributed by atoms with van der Waals surface area (Å²) in [5, 5.41) is 7.15. The van der Waals surface area contributed by atoms with Gasteiger partial charge >= 0.3 is 5.69 Å². The normalized spacial score (nSPS) is 14.6. The number of nitrogens with one attached hydrogen (secondary N) is 1. The van der Waals surface area contributed by atoms with Crippen molar-refractivity contribution in [1.29, 1.82) is 0 Å². The zero-order valence-electron chi connectivity index (χ0n) is 13.8. The van der Waals surface area contributed by atoms with Crippen molar-refractivity contribution in [2.24, 2.45) is 14.1 Å². The highest BCUT2D eigenvalue weighted by atomic mass is 16.5. The van der Waals surface area contributed by atoms with Gasteiger partial charge in [-0.1, -0.05) is 5.16 Å². The quantitative estimate of drug-likeness (QED) is 0.865. The lowest BCUT2D eigenvalue weighted by Gasteiger charge is -2.30. The number of hydrogen-bond acceptors (Lipinski definition) is 6. The Balaban J connectivity index is 1.81. The summed E-state index contributed by atoms with van der Waals surface area (Å²) in [6, 6.07) is 0. The molecule has 0 spiro atoms. The van der Waals surface area contributed by atoms with Crippen molar-refractivity contribution in [3.05, 3.63) is 43.4 Å². The maximum Gasteiger partial charge on any atom is 0.332 e. The summed E-state index contributed by atoms with van der Waals surface area (Å²) in [7, 11) is 3.18. The number of anilines is 1. The van der Waals surface area contributed by atoms with Crippen LogP contribution < -0.4 is 16.6 Å². The molecule has 124 valence electrons. The molecule has 0 saturated carbocycles. The Labute approximate surface area is 133 Å². The molecule has 8 nitrogen and oxygen atoms in total. The highest BCUT2D eigenvalue weighted by molar-refractivity contribution is 5.45. The second-order valence-corrected chi connectivity index (χ2v) is 5.97. The zero-order valence-corrected chi connectivity index (χ0v) is 13.8. The van der Waals surface area contributed by atoms with Gasteiger partial charge in [0.2, 0.25) is 0 Å². The van der Waals surface area contributed by atoms with Gasteiger partial charge in [-0.05, 0) is 20.3 Å². The smallest absolute Gasteiger partial charge is 0.332 e. The molecular formula is C15H21N5O3. The van der Waals surface area contributed by atoms with Gasteiger partial charge in [0.05, 0.1) is 17.9 Å². The molecule has 1 aliphatic rings. The molecule has 0 aliphatic carbocycles. The molecular weight excluding hydrogens is 298 g/mol. The Morgan fingerprint density at radius 3 is 2.61 bits per heavy atom. The first-order chi connectivity index (χ1) is 10.9. The largest absolute Gasteiger partial charge is 0.361 e. The van der Waals surface area contributed by atoms with Crippen LogP contribution in [0.1, 0.15) is 22.6 Å². The molecule has 0 radical (unpaired) electrons. The highest BCUT2D eigenvalue weighted by Gasteiger charge is 2.23. The summed E-state index contributed by atoms with van der Waals surface area (Å²) in [5.74, 6) is 1.46. The summed E-state index contributed by atoms with van der Waals surface area (Å²) >= 11 is 0. The summed E-state index contributed by atoms with van der Waals surface area (Å²) in [5.41, 5.74) is 2.10. The standard InChI is InChI=1S/C15H21N5O3/c1-9-11(10(2)23-17-9)5-6-20-7-12-13(16-8-20)18(3)15(22)19(4)14(12)21/h16H,5-8H2,1-4H3. The van der Waals surface area contributed by atoms with Gasteiger partial charge in [-0.15, -0.1) is 0 Å². The minimum atomic E-state index is -0.314. The molecule has 0 fully saturated rings. The SMILES string of the molecule is Cc1noc(C)c1CCN1CNc2c(c(=O)n(C)c(=O)n2C)C1. The van der Waals surface area contributed by atoms with E-state index in [-0.39, 0.29) is 11.2 Å². The van der Waals surface area contributed by atoms with Crippen LogP contribution in [0.15, 0.2) is 14.1 Å². The van der Waals surface area contributed by atoms with Crippen LogP contribution in [0.5, 0.6) is 0 Å². The maximum absolute atomic E-state index is 12.3. The predicted molar refractivity (Wildman–Crippen MR) is 85.5 cm³/mol. The fourth-order valence-electron chi connectivity index (χ4n) is 3.03. The molecule has 0 atom stereocenters. The molecule has 8 heteroatoms. The lowest BCUT2D eigenvalue weighted by molar-refractivity contribution is 0.273. The Morgan fingerprint density at radius 2 is 1.96 bits per heavy atom. The Kier molecular flexibility index (Phi) is 3.85. The first-order valence-electron chi connectivity index (χ1n) is 7.57. The summed E-state index contributed by atoms with van der Waals surface area (Å²) in [4.78, 5) is 26.4. The van der Waals surface area contributed by atoms with Crippen LogP contribution in [0, 0.1) is 13.8 Å². The second-order valence-electron chi connectivity index (χ2n) is 5.97.